The highest BCUT2D eigenvalue weighted by Gasteiger charge is 2.27. The standard InChI is InChI=1S/C18H17N3O3/c1-13-18(17(22)12-19(2)14-8-4-3-5-9-14)21(24)16-11-7-6-10-15(16)20(13)23/h3-11H,12H2,1-2H3. The first-order valence-corrected chi connectivity index (χ1v) is 7.54. The Morgan fingerprint density at radius 3 is 2.46 bits per heavy atom. The van der Waals surface area contributed by atoms with Crippen molar-refractivity contribution in [2.75, 3.05) is 18.5 Å². The summed E-state index contributed by atoms with van der Waals surface area (Å²) in [5.41, 5.74) is 1.28. The third-order valence-electron chi connectivity index (χ3n) is 4.01. The molecule has 3 aromatic rings. The van der Waals surface area contributed by atoms with Crippen molar-refractivity contribution in [3.05, 3.63) is 76.1 Å². The molecule has 0 N–H and O–H groups in total. The molecule has 0 amide bonds. The molecule has 0 aliphatic carbocycles. The van der Waals surface area contributed by atoms with Crippen molar-refractivity contribution in [1.82, 2.24) is 4.73 Å². The topological polar surface area (TPSA) is 71.3 Å². The number of benzene rings is 2. The van der Waals surface area contributed by atoms with E-state index < -0.39 is 5.78 Å². The van der Waals surface area contributed by atoms with Crippen LogP contribution in [0.3, 0.4) is 0 Å². The van der Waals surface area contributed by atoms with E-state index in [4.69, 9.17) is 0 Å². The molecule has 0 aliphatic rings. The number of ketones is 1. The van der Waals surface area contributed by atoms with Crippen LogP contribution in [0.15, 0.2) is 54.6 Å². The van der Waals surface area contributed by atoms with Gasteiger partial charge in [-0.3, -0.25) is 4.79 Å². The quantitative estimate of drug-likeness (QED) is 0.546. The first-order chi connectivity index (χ1) is 11.5. The largest absolute Gasteiger partial charge is 0.805 e. The van der Waals surface area contributed by atoms with Crippen LogP contribution in [0, 0.1) is 17.0 Å². The molecule has 6 heteroatoms. The van der Waals surface area contributed by atoms with Crippen molar-refractivity contribution < 1.29 is 9.22 Å². The van der Waals surface area contributed by atoms with Gasteiger partial charge in [-0.1, -0.05) is 30.3 Å². The molecule has 0 aliphatic heterocycles. The van der Waals surface area contributed by atoms with Gasteiger partial charge in [-0.25, -0.2) is 0 Å². The number of Topliss-reactive ketones (excluding diaryl/α,β-unsaturated/α-hetero) is 1. The van der Waals surface area contributed by atoms with E-state index in [2.05, 4.69) is 0 Å². The van der Waals surface area contributed by atoms with Crippen LogP contribution >= 0.6 is 0 Å². The average molecular weight is 323 g/mol. The van der Waals surface area contributed by atoms with E-state index in [0.717, 1.165) is 5.69 Å². The van der Waals surface area contributed by atoms with E-state index in [1.165, 1.54) is 13.0 Å². The van der Waals surface area contributed by atoms with Gasteiger partial charge >= 0.3 is 5.69 Å². The summed E-state index contributed by atoms with van der Waals surface area (Å²) in [5, 5.41) is 12.4. The van der Waals surface area contributed by atoms with Gasteiger partial charge in [0.2, 0.25) is 0 Å². The molecule has 3 rings (SSSR count). The first kappa shape index (κ1) is 15.7. The normalized spacial score (nSPS) is 10.8. The predicted octanol–water partition coefficient (Wildman–Crippen LogP) is 2.53. The van der Waals surface area contributed by atoms with E-state index in [-0.39, 0.29) is 29.0 Å². The van der Waals surface area contributed by atoms with Gasteiger partial charge in [0, 0.05) is 23.7 Å². The van der Waals surface area contributed by atoms with Crippen molar-refractivity contribution in [1.29, 1.82) is 0 Å². The number of anilines is 1. The van der Waals surface area contributed by atoms with Crippen molar-refractivity contribution in [2.24, 2.45) is 0 Å². The van der Waals surface area contributed by atoms with Crippen molar-refractivity contribution in [3.8, 4) is 0 Å². The number of carbonyl (C=O) groups excluding carboxylic acids is 1. The molecule has 2 aromatic carbocycles. The smallest absolute Gasteiger partial charge is 0.326 e. The second-order valence-electron chi connectivity index (χ2n) is 5.63. The summed E-state index contributed by atoms with van der Waals surface area (Å²) < 4.78 is 1.19. The Balaban J connectivity index is 2.03. The maximum absolute atomic E-state index is 12.7. The SMILES string of the molecule is Cc1c(C(=O)CN(C)c2ccccc2)[n+](=O)c2ccccc2n1[O-]. The van der Waals surface area contributed by atoms with Gasteiger partial charge in [0.05, 0.1) is 16.7 Å². The summed E-state index contributed by atoms with van der Waals surface area (Å²) in [4.78, 5) is 27.0. The fraction of sp³-hybridized carbons (Fsp3) is 0.167. The lowest BCUT2D eigenvalue weighted by molar-refractivity contribution is -0.468. The van der Waals surface area contributed by atoms with Crippen LogP contribution in [0.2, 0.25) is 0 Å². The first-order valence-electron chi connectivity index (χ1n) is 7.54. The molecular weight excluding hydrogens is 306 g/mol. The number of likely N-dealkylation sites (N-methyl/N-ethyl adjacent to an activating group) is 1. The molecule has 0 fully saturated rings. The number of para-hydroxylation sites is 3. The minimum atomic E-state index is -0.399. The Labute approximate surface area is 138 Å². The van der Waals surface area contributed by atoms with Crippen LogP contribution < -0.4 is 9.33 Å². The van der Waals surface area contributed by atoms with Crippen molar-refractivity contribution >= 4 is 22.5 Å². The molecule has 6 nitrogen and oxygen atoms in total. The zero-order valence-corrected chi connectivity index (χ0v) is 13.5. The summed E-state index contributed by atoms with van der Waals surface area (Å²) in [6, 6.07) is 15.8. The number of fused-ring (bicyclic) bond motifs is 1. The van der Waals surface area contributed by atoms with Crippen LogP contribution in [-0.2, 0) is 0 Å². The predicted molar refractivity (Wildman–Crippen MR) is 92.8 cm³/mol. The number of aromatic nitrogens is 2. The van der Waals surface area contributed by atoms with Gasteiger partial charge in [-0.2, -0.15) is 0 Å². The van der Waals surface area contributed by atoms with E-state index >= 15 is 0 Å². The molecule has 24 heavy (non-hydrogen) atoms. The summed E-state index contributed by atoms with van der Waals surface area (Å²) in [5.74, 6) is -0.399. The lowest BCUT2D eigenvalue weighted by Crippen LogP contribution is -2.35. The molecule has 0 saturated heterocycles. The molecule has 0 bridgehead atoms. The number of nitrogens with zero attached hydrogens (tertiary/aromatic N) is 3. The highest BCUT2D eigenvalue weighted by molar-refractivity contribution is 5.98. The highest BCUT2D eigenvalue weighted by atomic mass is 16.5. The second-order valence-corrected chi connectivity index (χ2v) is 5.63. The number of hydrogen-bond donors (Lipinski definition) is 0. The van der Waals surface area contributed by atoms with Gasteiger partial charge < -0.3 is 14.8 Å². The Morgan fingerprint density at radius 2 is 1.75 bits per heavy atom. The molecule has 0 spiro atoms. The maximum atomic E-state index is 12.7. The molecule has 1 heterocycles. The average Bonchev–Trinajstić information content (AvgIpc) is 2.60. The lowest BCUT2D eigenvalue weighted by atomic mass is 10.2. The van der Waals surface area contributed by atoms with Crippen molar-refractivity contribution in [2.45, 2.75) is 6.92 Å². The fourth-order valence-corrected chi connectivity index (χ4v) is 2.73. The van der Waals surface area contributed by atoms with E-state index in [0.29, 0.717) is 9.16 Å². The van der Waals surface area contributed by atoms with Crippen LogP contribution in [0.25, 0.3) is 11.0 Å². The lowest BCUT2D eigenvalue weighted by Gasteiger charge is -2.19. The van der Waals surface area contributed by atoms with Crippen LogP contribution in [0.4, 0.5) is 5.69 Å². The highest BCUT2D eigenvalue weighted by Crippen LogP contribution is 2.16. The zero-order valence-electron chi connectivity index (χ0n) is 13.5. The summed E-state index contributed by atoms with van der Waals surface area (Å²) >= 11 is 0. The van der Waals surface area contributed by atoms with Crippen LogP contribution in [0.5, 0.6) is 0 Å². The second kappa shape index (κ2) is 6.16. The summed E-state index contributed by atoms with van der Waals surface area (Å²) in [6.07, 6.45) is 0. The van der Waals surface area contributed by atoms with Gasteiger partial charge in [0.1, 0.15) is 5.52 Å². The van der Waals surface area contributed by atoms with Crippen molar-refractivity contribution in [3.63, 3.8) is 0 Å². The Hall–Kier alpha value is -3.15. The van der Waals surface area contributed by atoms with E-state index in [1.54, 1.807) is 30.1 Å². The Bertz CT molecular complexity index is 964. The van der Waals surface area contributed by atoms with Gasteiger partial charge in [0.25, 0.3) is 11.3 Å². The van der Waals surface area contributed by atoms with E-state index in [9.17, 15) is 14.9 Å². The number of hydrogen-bond acceptors (Lipinski definition) is 4. The zero-order chi connectivity index (χ0) is 17.3. The number of rotatable bonds is 4. The van der Waals surface area contributed by atoms with Crippen LogP contribution in [-0.4, -0.2) is 24.1 Å². The molecule has 0 atom stereocenters. The summed E-state index contributed by atoms with van der Waals surface area (Å²) in [6.45, 7) is 1.50. The maximum Gasteiger partial charge on any atom is 0.326 e. The van der Waals surface area contributed by atoms with E-state index in [1.807, 2.05) is 30.3 Å². The minimum Gasteiger partial charge on any atom is -0.805 e. The minimum absolute atomic E-state index is 0.00539. The molecular formula is C18H17N3O3. The Kier molecular flexibility index (Phi) is 4.04. The molecule has 0 unspecified atom stereocenters. The molecule has 0 radical (unpaired) electrons. The molecule has 122 valence electrons. The third kappa shape index (κ3) is 2.62. The van der Waals surface area contributed by atoms with Gasteiger partial charge in [0.15, 0.2) is 0 Å². The third-order valence-corrected chi connectivity index (χ3v) is 4.01. The molecule has 0 saturated carbocycles. The Morgan fingerprint density at radius 1 is 1.12 bits per heavy atom. The monoisotopic (exact) mass is 323 g/mol. The summed E-state index contributed by atoms with van der Waals surface area (Å²) in [7, 11) is 1.77. The van der Waals surface area contributed by atoms with Crippen LogP contribution in [0.1, 0.15) is 16.2 Å². The number of carbonyl (C=O) groups is 1. The fourth-order valence-electron chi connectivity index (χ4n) is 2.73. The van der Waals surface area contributed by atoms with Gasteiger partial charge in [-0.05, 0) is 25.1 Å². The molecule has 1 aromatic heterocycles. The van der Waals surface area contributed by atoms with Gasteiger partial charge in [-0.15, -0.1) is 0 Å².